The Hall–Kier alpha value is -2.98. The molecule has 4 heteroatoms. The first-order valence-corrected chi connectivity index (χ1v) is 6.03. The van der Waals surface area contributed by atoms with Gasteiger partial charge in [-0.1, -0.05) is 24.3 Å². The maximum absolute atomic E-state index is 9.49. The van der Waals surface area contributed by atoms with Crippen molar-refractivity contribution in [1.29, 1.82) is 10.5 Å². The second kappa shape index (κ2) is 5.77. The molecule has 0 bridgehead atoms. The summed E-state index contributed by atoms with van der Waals surface area (Å²) < 4.78 is 0. The molecule has 2 N–H and O–H groups in total. The molecule has 0 aliphatic heterocycles. The Morgan fingerprint density at radius 2 is 1.35 bits per heavy atom. The van der Waals surface area contributed by atoms with Crippen LogP contribution in [0.1, 0.15) is 23.0 Å². The molecular weight excluding hydrogens is 252 g/mol. The summed E-state index contributed by atoms with van der Waals surface area (Å²) in [4.78, 5) is 0. The monoisotopic (exact) mass is 264 g/mol. The highest BCUT2D eigenvalue weighted by Crippen LogP contribution is 2.33. The Balaban J connectivity index is 2.41. The number of nitrogens with zero attached hydrogens (tertiary/aromatic N) is 2. The number of nitriles is 2. The van der Waals surface area contributed by atoms with Crippen LogP contribution in [-0.4, -0.2) is 10.2 Å². The van der Waals surface area contributed by atoms with E-state index in [0.717, 1.165) is 0 Å². The van der Waals surface area contributed by atoms with Crippen LogP contribution in [0.15, 0.2) is 48.5 Å². The molecule has 0 unspecified atom stereocenters. The first kappa shape index (κ1) is 13.5. The Morgan fingerprint density at radius 3 is 1.90 bits per heavy atom. The lowest BCUT2D eigenvalue weighted by molar-refractivity contribution is 0.474. The van der Waals surface area contributed by atoms with E-state index in [9.17, 15) is 20.7 Å². The zero-order chi connectivity index (χ0) is 14.5. The van der Waals surface area contributed by atoms with Crippen LogP contribution in [0.2, 0.25) is 0 Å². The average Bonchev–Trinajstić information content (AvgIpc) is 2.46. The summed E-state index contributed by atoms with van der Waals surface area (Å²) in [6.07, 6.45) is 0. The number of phenols is 2. The van der Waals surface area contributed by atoms with Crippen LogP contribution in [-0.2, 0) is 0 Å². The highest BCUT2D eigenvalue weighted by Gasteiger charge is 2.25. The number of benzene rings is 2. The molecule has 0 aromatic heterocycles. The second-order valence-corrected chi connectivity index (χ2v) is 4.40. The maximum atomic E-state index is 9.49. The fourth-order valence-corrected chi connectivity index (χ4v) is 2.08. The third-order valence-corrected chi connectivity index (χ3v) is 3.09. The van der Waals surface area contributed by atoms with Crippen LogP contribution in [0.3, 0.4) is 0 Å². The van der Waals surface area contributed by atoms with E-state index >= 15 is 0 Å². The molecule has 0 aliphatic rings. The van der Waals surface area contributed by atoms with Crippen LogP contribution in [0.25, 0.3) is 0 Å². The lowest BCUT2D eigenvalue weighted by Gasteiger charge is -2.16. The highest BCUT2D eigenvalue weighted by atomic mass is 16.3. The lowest BCUT2D eigenvalue weighted by atomic mass is 9.83. The van der Waals surface area contributed by atoms with Crippen LogP contribution in [0.5, 0.6) is 11.5 Å². The van der Waals surface area contributed by atoms with Gasteiger partial charge >= 0.3 is 0 Å². The van der Waals surface area contributed by atoms with Crippen LogP contribution >= 0.6 is 0 Å². The summed E-state index contributed by atoms with van der Waals surface area (Å²) >= 11 is 0. The van der Waals surface area contributed by atoms with Gasteiger partial charge in [0, 0.05) is 0 Å². The van der Waals surface area contributed by atoms with Gasteiger partial charge in [0.2, 0.25) is 0 Å². The van der Waals surface area contributed by atoms with Crippen molar-refractivity contribution in [3.05, 3.63) is 59.7 Å². The van der Waals surface area contributed by atoms with Crippen molar-refractivity contribution >= 4 is 0 Å². The zero-order valence-corrected chi connectivity index (χ0v) is 10.6. The zero-order valence-electron chi connectivity index (χ0n) is 10.6. The molecule has 2 atom stereocenters. The molecule has 2 rings (SSSR count). The Kier molecular flexibility index (Phi) is 3.88. The summed E-state index contributed by atoms with van der Waals surface area (Å²) in [5, 5.41) is 37.5. The van der Waals surface area contributed by atoms with Crippen molar-refractivity contribution in [3.63, 3.8) is 0 Å². The van der Waals surface area contributed by atoms with E-state index < -0.39 is 11.8 Å². The molecule has 0 amide bonds. The quantitative estimate of drug-likeness (QED) is 0.891. The molecule has 98 valence electrons. The standard InChI is InChI=1S/C16H12N2O2/c17-9-15(11-4-6-13(19)7-5-11)16(10-18)12-2-1-3-14(20)8-12/h1-8,15-16,19-20H/t15-,16+/m0/s1. The van der Waals surface area contributed by atoms with Gasteiger partial charge in [0.05, 0.1) is 24.0 Å². The minimum absolute atomic E-state index is 0.0603. The normalized spacial score (nSPS) is 12.9. The molecule has 0 fully saturated rings. The molecule has 0 saturated carbocycles. The Morgan fingerprint density at radius 1 is 0.750 bits per heavy atom. The van der Waals surface area contributed by atoms with Gasteiger partial charge in [-0.2, -0.15) is 10.5 Å². The topological polar surface area (TPSA) is 88.0 Å². The van der Waals surface area contributed by atoms with E-state index in [1.54, 1.807) is 24.3 Å². The molecule has 2 aromatic carbocycles. The predicted molar refractivity (Wildman–Crippen MR) is 72.9 cm³/mol. The van der Waals surface area contributed by atoms with Crippen molar-refractivity contribution in [1.82, 2.24) is 0 Å². The van der Waals surface area contributed by atoms with E-state index in [2.05, 4.69) is 12.1 Å². The summed E-state index contributed by atoms with van der Waals surface area (Å²) in [5.74, 6) is -1.18. The highest BCUT2D eigenvalue weighted by molar-refractivity contribution is 5.41. The molecule has 4 nitrogen and oxygen atoms in total. The first-order chi connectivity index (χ1) is 9.65. The van der Waals surface area contributed by atoms with Crippen molar-refractivity contribution in [2.45, 2.75) is 11.8 Å². The molecule has 2 aromatic rings. The number of hydrogen-bond acceptors (Lipinski definition) is 4. The molecular formula is C16H12N2O2. The first-order valence-electron chi connectivity index (χ1n) is 6.03. The van der Waals surface area contributed by atoms with E-state index in [-0.39, 0.29) is 11.5 Å². The number of aromatic hydroxyl groups is 2. The Bertz CT molecular complexity index is 681. The maximum Gasteiger partial charge on any atom is 0.115 e. The minimum atomic E-state index is -0.684. The SMILES string of the molecule is N#C[C@H](c1cccc(O)c1)[C@@H](C#N)c1ccc(O)cc1. The largest absolute Gasteiger partial charge is 0.508 e. The lowest BCUT2D eigenvalue weighted by Crippen LogP contribution is -2.08. The molecule has 0 spiro atoms. The third-order valence-electron chi connectivity index (χ3n) is 3.09. The van der Waals surface area contributed by atoms with E-state index in [1.165, 1.54) is 24.3 Å². The van der Waals surface area contributed by atoms with Crippen LogP contribution in [0, 0.1) is 22.7 Å². The summed E-state index contributed by atoms with van der Waals surface area (Å²) in [5.41, 5.74) is 1.24. The Labute approximate surface area is 116 Å². The fraction of sp³-hybridized carbons (Fsp3) is 0.125. The van der Waals surface area contributed by atoms with Gasteiger partial charge in [0.25, 0.3) is 0 Å². The molecule has 0 radical (unpaired) electrons. The molecule has 0 saturated heterocycles. The van der Waals surface area contributed by atoms with Gasteiger partial charge < -0.3 is 10.2 Å². The van der Waals surface area contributed by atoms with E-state index in [4.69, 9.17) is 0 Å². The molecule has 0 aliphatic carbocycles. The number of hydrogen-bond donors (Lipinski definition) is 2. The van der Waals surface area contributed by atoms with Crippen molar-refractivity contribution in [2.24, 2.45) is 0 Å². The number of phenolic OH excluding ortho intramolecular Hbond substituents is 2. The second-order valence-electron chi connectivity index (χ2n) is 4.40. The van der Waals surface area contributed by atoms with Gasteiger partial charge in [-0.25, -0.2) is 0 Å². The third kappa shape index (κ3) is 2.71. The van der Waals surface area contributed by atoms with Gasteiger partial charge in [-0.15, -0.1) is 0 Å². The van der Waals surface area contributed by atoms with Gasteiger partial charge in [-0.05, 0) is 35.4 Å². The number of rotatable bonds is 3. The van der Waals surface area contributed by atoms with Crippen molar-refractivity contribution < 1.29 is 10.2 Å². The summed E-state index contributed by atoms with van der Waals surface area (Å²) in [6, 6.07) is 16.8. The van der Waals surface area contributed by atoms with E-state index in [1.807, 2.05) is 0 Å². The van der Waals surface area contributed by atoms with Gasteiger partial charge in [0.15, 0.2) is 0 Å². The van der Waals surface area contributed by atoms with Crippen LogP contribution < -0.4 is 0 Å². The molecule has 20 heavy (non-hydrogen) atoms. The summed E-state index contributed by atoms with van der Waals surface area (Å²) in [6.45, 7) is 0. The van der Waals surface area contributed by atoms with Crippen molar-refractivity contribution in [3.8, 4) is 23.6 Å². The average molecular weight is 264 g/mol. The van der Waals surface area contributed by atoms with Gasteiger partial charge in [-0.3, -0.25) is 0 Å². The van der Waals surface area contributed by atoms with E-state index in [0.29, 0.717) is 11.1 Å². The minimum Gasteiger partial charge on any atom is -0.508 e. The van der Waals surface area contributed by atoms with Gasteiger partial charge in [0.1, 0.15) is 11.5 Å². The fourth-order valence-electron chi connectivity index (χ4n) is 2.08. The van der Waals surface area contributed by atoms with Crippen molar-refractivity contribution in [2.75, 3.05) is 0 Å². The smallest absolute Gasteiger partial charge is 0.115 e. The predicted octanol–water partition coefficient (Wildman–Crippen LogP) is 3.01. The summed E-state index contributed by atoms with van der Waals surface area (Å²) in [7, 11) is 0. The van der Waals surface area contributed by atoms with Crippen LogP contribution in [0.4, 0.5) is 0 Å². The molecule has 0 heterocycles.